The third-order valence-electron chi connectivity index (χ3n) is 3.90. The Bertz CT molecular complexity index is 698. The van der Waals surface area contributed by atoms with Gasteiger partial charge in [0, 0.05) is 17.1 Å². The lowest BCUT2D eigenvalue weighted by atomic mass is 10.1. The molecule has 0 atom stereocenters. The van der Waals surface area contributed by atoms with Crippen LogP contribution in [0.2, 0.25) is 5.02 Å². The Morgan fingerprint density at radius 3 is 2.61 bits per heavy atom. The maximum absolute atomic E-state index is 12.0. The van der Waals surface area contributed by atoms with Crippen molar-refractivity contribution in [3.63, 3.8) is 0 Å². The van der Waals surface area contributed by atoms with Gasteiger partial charge in [-0.3, -0.25) is 4.79 Å². The number of carbonyl (C=O) groups excluding carboxylic acids is 1. The third-order valence-corrected chi connectivity index (χ3v) is 4.31. The fourth-order valence-electron chi connectivity index (χ4n) is 2.25. The number of carbonyl (C=O) groups is 1. The normalized spacial score (nSPS) is 10.4. The number of nitrogens with one attached hydrogen (secondary N) is 1. The van der Waals surface area contributed by atoms with Gasteiger partial charge in [-0.1, -0.05) is 29.8 Å². The van der Waals surface area contributed by atoms with E-state index in [9.17, 15) is 4.79 Å². The summed E-state index contributed by atoms with van der Waals surface area (Å²) in [5, 5.41) is 3.55. The first-order chi connectivity index (χ1) is 11.0. The summed E-state index contributed by atoms with van der Waals surface area (Å²) in [5.41, 5.74) is 4.00. The Hall–Kier alpha value is -2.00. The molecule has 2 aromatic rings. The molecule has 0 spiro atoms. The summed E-state index contributed by atoms with van der Waals surface area (Å²) in [6, 6.07) is 11.5. The molecule has 0 aromatic heterocycles. The molecule has 0 aliphatic carbocycles. The van der Waals surface area contributed by atoms with Gasteiger partial charge in [-0.25, -0.2) is 0 Å². The van der Waals surface area contributed by atoms with Crippen LogP contribution in [0.5, 0.6) is 5.75 Å². The van der Waals surface area contributed by atoms with Crippen LogP contribution in [0.25, 0.3) is 0 Å². The fourth-order valence-corrected chi connectivity index (χ4v) is 2.43. The number of aryl methyl sites for hydroxylation is 1. The lowest BCUT2D eigenvalue weighted by Crippen LogP contribution is -2.13. The molecule has 0 radical (unpaired) electrons. The molecule has 0 unspecified atom stereocenters. The van der Waals surface area contributed by atoms with Gasteiger partial charge in [-0.15, -0.1) is 0 Å². The van der Waals surface area contributed by atoms with Crippen molar-refractivity contribution in [1.82, 2.24) is 0 Å². The van der Waals surface area contributed by atoms with E-state index >= 15 is 0 Å². The van der Waals surface area contributed by atoms with Crippen molar-refractivity contribution in [2.45, 2.75) is 33.6 Å². The zero-order valence-electron chi connectivity index (χ0n) is 13.8. The van der Waals surface area contributed by atoms with Crippen LogP contribution in [0.1, 0.15) is 29.5 Å². The lowest BCUT2D eigenvalue weighted by molar-refractivity contribution is -0.116. The molecule has 0 saturated heterocycles. The van der Waals surface area contributed by atoms with E-state index < -0.39 is 0 Å². The number of benzene rings is 2. The van der Waals surface area contributed by atoms with E-state index in [4.69, 9.17) is 16.3 Å². The maximum atomic E-state index is 12.0. The number of hydrogen-bond acceptors (Lipinski definition) is 2. The molecule has 0 saturated carbocycles. The number of rotatable bonds is 6. The molecule has 1 N–H and O–H groups in total. The van der Waals surface area contributed by atoms with E-state index in [2.05, 4.69) is 18.3 Å². The first kappa shape index (κ1) is 17.4. The maximum Gasteiger partial charge on any atom is 0.224 e. The van der Waals surface area contributed by atoms with E-state index in [0.717, 1.165) is 22.6 Å². The second-order valence-electron chi connectivity index (χ2n) is 5.61. The standard InChI is InChI=1S/C19H22ClNO2/c1-13-7-4-10-18(14(13)2)23-12-6-11-19(22)21-17-9-5-8-16(20)15(17)3/h4-5,7-10H,6,11-12H2,1-3H3,(H,21,22). The molecular weight excluding hydrogens is 310 g/mol. The zero-order chi connectivity index (χ0) is 16.8. The minimum atomic E-state index is -0.0278. The highest BCUT2D eigenvalue weighted by molar-refractivity contribution is 6.31. The summed E-state index contributed by atoms with van der Waals surface area (Å²) in [6.45, 7) is 6.51. The average Bonchev–Trinajstić information content (AvgIpc) is 2.52. The number of hydrogen-bond donors (Lipinski definition) is 1. The number of ether oxygens (including phenoxy) is 1. The van der Waals surface area contributed by atoms with Gasteiger partial charge >= 0.3 is 0 Å². The molecule has 2 aromatic carbocycles. The summed E-state index contributed by atoms with van der Waals surface area (Å²) in [7, 11) is 0. The molecule has 0 fully saturated rings. The average molecular weight is 332 g/mol. The van der Waals surface area contributed by atoms with Crippen LogP contribution in [-0.4, -0.2) is 12.5 Å². The molecule has 4 heteroatoms. The lowest BCUT2D eigenvalue weighted by Gasteiger charge is -2.11. The predicted octanol–water partition coefficient (Wildman–Crippen LogP) is 5.06. The van der Waals surface area contributed by atoms with Crippen LogP contribution in [0, 0.1) is 20.8 Å². The van der Waals surface area contributed by atoms with Gasteiger partial charge in [0.15, 0.2) is 0 Å². The molecular formula is C19H22ClNO2. The summed E-state index contributed by atoms with van der Waals surface area (Å²) >= 11 is 6.05. The van der Waals surface area contributed by atoms with Crippen LogP contribution < -0.4 is 10.1 Å². The van der Waals surface area contributed by atoms with Crippen molar-refractivity contribution in [2.75, 3.05) is 11.9 Å². The topological polar surface area (TPSA) is 38.3 Å². The molecule has 23 heavy (non-hydrogen) atoms. The van der Waals surface area contributed by atoms with Crippen molar-refractivity contribution < 1.29 is 9.53 Å². The Morgan fingerprint density at radius 1 is 1.09 bits per heavy atom. The van der Waals surface area contributed by atoms with Gasteiger partial charge in [-0.05, 0) is 62.1 Å². The summed E-state index contributed by atoms with van der Waals surface area (Å²) in [5.74, 6) is 0.857. The van der Waals surface area contributed by atoms with E-state index in [1.807, 2.05) is 44.2 Å². The van der Waals surface area contributed by atoms with E-state index in [0.29, 0.717) is 24.5 Å². The fraction of sp³-hybridized carbons (Fsp3) is 0.316. The molecule has 122 valence electrons. The first-order valence-electron chi connectivity index (χ1n) is 7.73. The van der Waals surface area contributed by atoms with Gasteiger partial charge < -0.3 is 10.1 Å². The highest BCUT2D eigenvalue weighted by Crippen LogP contribution is 2.23. The minimum Gasteiger partial charge on any atom is -0.493 e. The van der Waals surface area contributed by atoms with Gasteiger partial charge in [-0.2, -0.15) is 0 Å². The third kappa shape index (κ3) is 4.73. The van der Waals surface area contributed by atoms with Crippen molar-refractivity contribution in [3.05, 3.63) is 58.1 Å². The van der Waals surface area contributed by atoms with Gasteiger partial charge in [0.25, 0.3) is 0 Å². The monoisotopic (exact) mass is 331 g/mol. The van der Waals surface area contributed by atoms with Gasteiger partial charge in [0.05, 0.1) is 6.61 Å². The van der Waals surface area contributed by atoms with Gasteiger partial charge in [0.2, 0.25) is 5.91 Å². The predicted molar refractivity (Wildman–Crippen MR) is 95.5 cm³/mol. The van der Waals surface area contributed by atoms with Crippen molar-refractivity contribution in [1.29, 1.82) is 0 Å². The van der Waals surface area contributed by atoms with E-state index in [1.54, 1.807) is 0 Å². The van der Waals surface area contributed by atoms with E-state index in [1.165, 1.54) is 5.56 Å². The summed E-state index contributed by atoms with van der Waals surface area (Å²) in [4.78, 5) is 12.0. The second kappa shape index (κ2) is 8.02. The van der Waals surface area contributed by atoms with Crippen LogP contribution >= 0.6 is 11.6 Å². The SMILES string of the molecule is Cc1cccc(OCCCC(=O)Nc2cccc(Cl)c2C)c1C. The minimum absolute atomic E-state index is 0.0278. The molecule has 1 amide bonds. The molecule has 0 bridgehead atoms. The number of anilines is 1. The van der Waals surface area contributed by atoms with Crippen LogP contribution in [0.3, 0.4) is 0 Å². The first-order valence-corrected chi connectivity index (χ1v) is 8.11. The summed E-state index contributed by atoms with van der Waals surface area (Å²) < 4.78 is 5.76. The zero-order valence-corrected chi connectivity index (χ0v) is 14.5. The number of amides is 1. The molecule has 0 heterocycles. The van der Waals surface area contributed by atoms with Gasteiger partial charge in [0.1, 0.15) is 5.75 Å². The quantitative estimate of drug-likeness (QED) is 0.751. The van der Waals surface area contributed by atoms with Crippen LogP contribution in [0.15, 0.2) is 36.4 Å². The Labute approximate surface area is 142 Å². The van der Waals surface area contributed by atoms with Crippen molar-refractivity contribution in [3.8, 4) is 5.75 Å². The van der Waals surface area contributed by atoms with Crippen LogP contribution in [0.4, 0.5) is 5.69 Å². The van der Waals surface area contributed by atoms with Crippen LogP contribution in [-0.2, 0) is 4.79 Å². The molecule has 0 aliphatic rings. The second-order valence-corrected chi connectivity index (χ2v) is 6.02. The van der Waals surface area contributed by atoms with Crippen molar-refractivity contribution in [2.24, 2.45) is 0 Å². The molecule has 2 rings (SSSR count). The Morgan fingerprint density at radius 2 is 1.83 bits per heavy atom. The highest BCUT2D eigenvalue weighted by atomic mass is 35.5. The summed E-state index contributed by atoms with van der Waals surface area (Å²) in [6.07, 6.45) is 1.08. The number of halogens is 1. The smallest absolute Gasteiger partial charge is 0.224 e. The Balaban J connectivity index is 1.79. The molecule has 0 aliphatic heterocycles. The van der Waals surface area contributed by atoms with Crippen molar-refractivity contribution >= 4 is 23.2 Å². The molecule has 3 nitrogen and oxygen atoms in total. The largest absolute Gasteiger partial charge is 0.493 e. The highest BCUT2D eigenvalue weighted by Gasteiger charge is 2.07. The Kier molecular flexibility index (Phi) is 6.05. The van der Waals surface area contributed by atoms with E-state index in [-0.39, 0.29) is 5.91 Å².